The molecule has 0 aromatic carbocycles. The Morgan fingerprint density at radius 2 is 0.909 bits per heavy atom. The molecule has 0 aromatic heterocycles. The zero-order chi connectivity index (χ0) is 13.6. The number of hydrogen-bond donors (Lipinski definition) is 0. The minimum Gasteiger partial charge on any atom is -0.0470 e. The van der Waals surface area contributed by atoms with Gasteiger partial charge in [-0.05, 0) is 133 Å². The average Bonchev–Trinajstić information content (AvgIpc) is 2.54. The molecule has 13 saturated carbocycles. The molecule has 14 unspecified atom stereocenters. The van der Waals surface area contributed by atoms with E-state index in [4.69, 9.17) is 0 Å². The summed E-state index contributed by atoms with van der Waals surface area (Å²) >= 11 is 0. The zero-order valence-electron chi connectivity index (χ0n) is 13.6. The zero-order valence-corrected chi connectivity index (χ0v) is 13.6. The summed E-state index contributed by atoms with van der Waals surface area (Å²) in [5, 5.41) is 0. The van der Waals surface area contributed by atoms with Gasteiger partial charge < -0.3 is 0 Å². The van der Waals surface area contributed by atoms with Crippen LogP contribution in [0, 0.1) is 81.8 Å². The summed E-state index contributed by atoms with van der Waals surface area (Å²) in [6, 6.07) is 0. The Bertz CT molecular complexity index is 594. The standard InChI is InChI=1S/C22H28/c1-9-3-17-11-5-16-15-6-12-14-2-10-4-18(12)21(7-9,19(15)13(1)11)22(17,8-10)20(14)16/h9-20H,1-8H2. The first-order valence-corrected chi connectivity index (χ1v) is 10.8. The van der Waals surface area contributed by atoms with E-state index in [1.807, 2.05) is 0 Å². The molecule has 0 aromatic rings. The highest BCUT2D eigenvalue weighted by Gasteiger charge is 2.89. The molecule has 0 amide bonds. The quantitative estimate of drug-likeness (QED) is 0.612. The van der Waals surface area contributed by atoms with Gasteiger partial charge in [-0.15, -0.1) is 0 Å². The van der Waals surface area contributed by atoms with E-state index in [9.17, 15) is 0 Å². The van der Waals surface area contributed by atoms with Crippen molar-refractivity contribution < 1.29 is 0 Å². The average molecular weight is 292 g/mol. The van der Waals surface area contributed by atoms with E-state index < -0.39 is 0 Å². The molecule has 0 heterocycles. The van der Waals surface area contributed by atoms with Crippen LogP contribution in [0.25, 0.3) is 0 Å². The normalized spacial score (nSPS) is 85.1. The first-order valence-electron chi connectivity index (χ1n) is 10.8. The Balaban J connectivity index is 1.47. The van der Waals surface area contributed by atoms with Gasteiger partial charge in [-0.1, -0.05) is 0 Å². The highest BCUT2D eigenvalue weighted by molar-refractivity contribution is 5.36. The first-order chi connectivity index (χ1) is 10.8. The third kappa shape index (κ3) is 0.681. The summed E-state index contributed by atoms with van der Waals surface area (Å²) in [6.07, 6.45) is 13.8. The maximum Gasteiger partial charge on any atom is -0.0168 e. The maximum atomic E-state index is 1.75. The van der Waals surface area contributed by atoms with Gasteiger partial charge in [-0.2, -0.15) is 0 Å². The van der Waals surface area contributed by atoms with Crippen molar-refractivity contribution in [3.05, 3.63) is 0 Å². The van der Waals surface area contributed by atoms with Crippen molar-refractivity contribution >= 4 is 0 Å². The predicted molar refractivity (Wildman–Crippen MR) is 83.7 cm³/mol. The molecule has 0 saturated heterocycles. The molecule has 14 atom stereocenters. The largest absolute Gasteiger partial charge is 0.0470 e. The van der Waals surface area contributed by atoms with E-state index in [0.29, 0.717) is 0 Å². The monoisotopic (exact) mass is 292 g/mol. The molecule has 2 spiro atoms. The molecule has 0 nitrogen and oxygen atoms in total. The van der Waals surface area contributed by atoms with Crippen molar-refractivity contribution in [1.29, 1.82) is 0 Å². The van der Waals surface area contributed by atoms with Crippen molar-refractivity contribution in [2.45, 2.75) is 51.4 Å². The van der Waals surface area contributed by atoms with Crippen molar-refractivity contribution in [2.75, 3.05) is 0 Å². The Hall–Kier alpha value is 0. The molecule has 14 bridgehead atoms. The van der Waals surface area contributed by atoms with Gasteiger partial charge in [0.25, 0.3) is 0 Å². The van der Waals surface area contributed by atoms with Gasteiger partial charge in [0.05, 0.1) is 0 Å². The minimum absolute atomic E-state index is 0.947. The molecule has 0 aliphatic heterocycles. The van der Waals surface area contributed by atoms with Crippen LogP contribution in [0.15, 0.2) is 0 Å². The second-order valence-electron chi connectivity index (χ2n) is 11.9. The highest BCUT2D eigenvalue weighted by atomic mass is 14.9. The molecule has 13 fully saturated rings. The lowest BCUT2D eigenvalue weighted by molar-refractivity contribution is -0.456. The van der Waals surface area contributed by atoms with E-state index in [-0.39, 0.29) is 0 Å². The second-order valence-corrected chi connectivity index (χ2v) is 11.9. The Morgan fingerprint density at radius 1 is 0.455 bits per heavy atom. The summed E-state index contributed by atoms with van der Waals surface area (Å²) in [6.45, 7) is 0. The first kappa shape index (κ1) is 10.8. The van der Waals surface area contributed by atoms with Gasteiger partial charge in [0.2, 0.25) is 0 Å². The Kier molecular flexibility index (Phi) is 1.31. The smallest absolute Gasteiger partial charge is 0.0168 e. The van der Waals surface area contributed by atoms with Gasteiger partial charge in [-0.25, -0.2) is 0 Å². The number of rotatable bonds is 0. The van der Waals surface area contributed by atoms with Crippen molar-refractivity contribution in [3.63, 3.8) is 0 Å². The maximum absolute atomic E-state index is 1.75. The molecule has 0 N–H and O–H groups in total. The molecule has 13 aliphatic carbocycles. The van der Waals surface area contributed by atoms with Crippen molar-refractivity contribution in [1.82, 2.24) is 0 Å². The molecule has 13 aliphatic rings. The van der Waals surface area contributed by atoms with Crippen LogP contribution in [-0.4, -0.2) is 0 Å². The van der Waals surface area contributed by atoms with Crippen LogP contribution in [0.2, 0.25) is 0 Å². The predicted octanol–water partition coefficient (Wildman–Crippen LogP) is 4.60. The Labute approximate surface area is 133 Å². The molecular formula is C22H28. The Morgan fingerprint density at radius 3 is 1.41 bits per heavy atom. The van der Waals surface area contributed by atoms with Gasteiger partial charge in [0.15, 0.2) is 0 Å². The third-order valence-electron chi connectivity index (χ3n) is 12.6. The summed E-state index contributed by atoms with van der Waals surface area (Å²) < 4.78 is 0. The summed E-state index contributed by atoms with van der Waals surface area (Å²) in [4.78, 5) is 0. The fraction of sp³-hybridized carbons (Fsp3) is 1.00. The van der Waals surface area contributed by atoms with Crippen LogP contribution in [0.1, 0.15) is 51.4 Å². The van der Waals surface area contributed by atoms with Crippen molar-refractivity contribution in [2.24, 2.45) is 81.8 Å². The second kappa shape index (κ2) is 2.68. The van der Waals surface area contributed by atoms with E-state index in [1.54, 1.807) is 51.4 Å². The van der Waals surface area contributed by atoms with E-state index in [2.05, 4.69) is 0 Å². The summed E-state index contributed by atoms with van der Waals surface area (Å²) in [5.41, 5.74) is 1.89. The lowest BCUT2D eigenvalue weighted by Crippen LogP contribution is -2.88. The van der Waals surface area contributed by atoms with Crippen LogP contribution in [0.3, 0.4) is 0 Å². The van der Waals surface area contributed by atoms with Crippen LogP contribution in [0.4, 0.5) is 0 Å². The van der Waals surface area contributed by atoms with E-state index in [1.165, 1.54) is 71.0 Å². The highest BCUT2D eigenvalue weighted by Crippen LogP contribution is 2.94. The van der Waals surface area contributed by atoms with E-state index >= 15 is 0 Å². The number of hydrogen-bond acceptors (Lipinski definition) is 0. The minimum atomic E-state index is 0.947. The van der Waals surface area contributed by atoms with Crippen LogP contribution >= 0.6 is 0 Å². The van der Waals surface area contributed by atoms with Crippen LogP contribution < -0.4 is 0 Å². The van der Waals surface area contributed by atoms with Gasteiger partial charge in [-0.3, -0.25) is 0 Å². The summed E-state index contributed by atoms with van der Waals surface area (Å²) in [7, 11) is 0. The molecular weight excluding hydrogens is 264 g/mol. The lowest BCUT2D eigenvalue weighted by atomic mass is 9.11. The molecule has 0 radical (unpaired) electrons. The third-order valence-corrected chi connectivity index (χ3v) is 12.6. The van der Waals surface area contributed by atoms with Crippen LogP contribution in [-0.2, 0) is 0 Å². The molecule has 13 rings (SSSR count). The topological polar surface area (TPSA) is 0 Å². The summed E-state index contributed by atoms with van der Waals surface area (Å²) in [5.74, 6) is 14.8. The lowest BCUT2D eigenvalue weighted by Gasteiger charge is -2.93. The molecule has 22 heavy (non-hydrogen) atoms. The van der Waals surface area contributed by atoms with Crippen LogP contribution in [0.5, 0.6) is 0 Å². The fourth-order valence-electron chi connectivity index (χ4n) is 13.7. The fourth-order valence-corrected chi connectivity index (χ4v) is 13.7. The van der Waals surface area contributed by atoms with Gasteiger partial charge >= 0.3 is 0 Å². The van der Waals surface area contributed by atoms with Gasteiger partial charge in [0, 0.05) is 0 Å². The van der Waals surface area contributed by atoms with E-state index in [0.717, 1.165) is 10.8 Å². The SMILES string of the molecule is C1C2CC3C4CC5C6CC7C8CC9CC7C(C2)(C6C14)C3(C9)C85. The van der Waals surface area contributed by atoms with Crippen molar-refractivity contribution in [3.8, 4) is 0 Å². The van der Waals surface area contributed by atoms with Gasteiger partial charge in [0.1, 0.15) is 0 Å². The molecule has 116 valence electrons. The molecule has 0 heteroatoms.